The van der Waals surface area contributed by atoms with E-state index in [1.807, 2.05) is 0 Å². The molecular weight excluding hydrogens is 260 g/mol. The molecule has 0 amide bonds. The normalized spacial score (nSPS) is 11.7. The molecule has 0 radical (unpaired) electrons. The molecule has 0 aliphatic rings. The van der Waals surface area contributed by atoms with Crippen LogP contribution in [-0.2, 0) is 16.6 Å². The number of carboxylic acid groups (broad SMARTS) is 1. The highest BCUT2D eigenvalue weighted by Crippen LogP contribution is 2.30. The predicted molar refractivity (Wildman–Crippen MR) is 60.9 cm³/mol. The summed E-state index contributed by atoms with van der Waals surface area (Å²) in [6.45, 7) is 6.19. The summed E-state index contributed by atoms with van der Waals surface area (Å²) in [4.78, 5) is 10.4. The van der Waals surface area contributed by atoms with Gasteiger partial charge in [-0.2, -0.15) is 5.10 Å². The van der Waals surface area contributed by atoms with Crippen molar-refractivity contribution in [1.82, 2.24) is 10.2 Å². The van der Waals surface area contributed by atoms with Crippen LogP contribution in [0.4, 0.5) is 0 Å². The van der Waals surface area contributed by atoms with Crippen LogP contribution in [0.5, 0.6) is 0 Å². The lowest BCUT2D eigenvalue weighted by Gasteiger charge is -2.15. The van der Waals surface area contributed by atoms with Crippen molar-refractivity contribution >= 4 is 21.9 Å². The van der Waals surface area contributed by atoms with Crippen molar-refractivity contribution in [2.75, 3.05) is 0 Å². The summed E-state index contributed by atoms with van der Waals surface area (Å²) in [7, 11) is 0. The Morgan fingerprint density at radius 2 is 2.13 bits per heavy atom. The Hall–Kier alpha value is -0.840. The van der Waals surface area contributed by atoms with Crippen LogP contribution in [0.25, 0.3) is 0 Å². The van der Waals surface area contributed by atoms with Gasteiger partial charge in [-0.3, -0.25) is 9.89 Å². The van der Waals surface area contributed by atoms with Crippen LogP contribution in [0.2, 0.25) is 0 Å². The lowest BCUT2D eigenvalue weighted by molar-refractivity contribution is -0.136. The van der Waals surface area contributed by atoms with E-state index in [9.17, 15) is 4.79 Å². The smallest absolute Gasteiger partial charge is 0.303 e. The van der Waals surface area contributed by atoms with Crippen LogP contribution in [0.15, 0.2) is 4.47 Å². The summed E-state index contributed by atoms with van der Waals surface area (Å²) >= 11 is 3.45. The number of hydrogen-bond donors (Lipinski definition) is 2. The van der Waals surface area contributed by atoms with Gasteiger partial charge in [0.2, 0.25) is 0 Å². The van der Waals surface area contributed by atoms with Crippen molar-refractivity contribution in [3.8, 4) is 0 Å². The lowest BCUT2D eigenvalue weighted by Crippen LogP contribution is -2.12. The Kier molecular flexibility index (Phi) is 3.54. The monoisotopic (exact) mass is 274 g/mol. The highest BCUT2D eigenvalue weighted by atomic mass is 79.9. The molecule has 0 saturated carbocycles. The first-order valence-corrected chi connectivity index (χ1v) is 5.56. The second kappa shape index (κ2) is 4.35. The minimum absolute atomic E-state index is 0.0448. The van der Waals surface area contributed by atoms with Gasteiger partial charge in [-0.25, -0.2) is 0 Å². The summed E-state index contributed by atoms with van der Waals surface area (Å²) in [5.41, 5.74) is 1.74. The fraction of sp³-hybridized carbons (Fsp3) is 0.600. The van der Waals surface area contributed by atoms with Crippen LogP contribution in [-0.4, -0.2) is 21.3 Å². The minimum Gasteiger partial charge on any atom is -0.481 e. The molecule has 84 valence electrons. The summed E-state index contributed by atoms with van der Waals surface area (Å²) < 4.78 is 0.899. The number of aromatic nitrogens is 2. The van der Waals surface area contributed by atoms with Gasteiger partial charge < -0.3 is 5.11 Å². The second-order valence-corrected chi connectivity index (χ2v) is 5.30. The van der Waals surface area contributed by atoms with Crippen molar-refractivity contribution in [2.45, 2.75) is 39.0 Å². The third-order valence-corrected chi connectivity index (χ3v) is 2.93. The zero-order valence-corrected chi connectivity index (χ0v) is 10.7. The van der Waals surface area contributed by atoms with Gasteiger partial charge in [-0.05, 0) is 15.9 Å². The summed E-state index contributed by atoms with van der Waals surface area (Å²) in [6, 6.07) is 0. The third kappa shape index (κ3) is 3.06. The molecule has 0 aromatic carbocycles. The molecule has 0 unspecified atom stereocenters. The molecule has 0 atom stereocenters. The number of rotatable bonds is 3. The van der Waals surface area contributed by atoms with Gasteiger partial charge in [-0.15, -0.1) is 0 Å². The molecule has 4 nitrogen and oxygen atoms in total. The van der Waals surface area contributed by atoms with Gasteiger partial charge in [0.05, 0.1) is 22.3 Å². The first kappa shape index (κ1) is 12.2. The van der Waals surface area contributed by atoms with Gasteiger partial charge in [0.25, 0.3) is 0 Å². The topological polar surface area (TPSA) is 66.0 Å². The van der Waals surface area contributed by atoms with Crippen molar-refractivity contribution in [1.29, 1.82) is 0 Å². The molecule has 1 aromatic heterocycles. The van der Waals surface area contributed by atoms with Gasteiger partial charge in [-0.1, -0.05) is 20.8 Å². The Bertz CT molecular complexity index is 366. The number of carbonyl (C=O) groups is 1. The van der Waals surface area contributed by atoms with E-state index in [1.165, 1.54) is 0 Å². The number of aliphatic carboxylic acids is 1. The molecule has 1 aromatic rings. The Balaban J connectivity index is 2.85. The maximum absolute atomic E-state index is 10.4. The van der Waals surface area contributed by atoms with Crippen molar-refractivity contribution < 1.29 is 9.90 Å². The van der Waals surface area contributed by atoms with Crippen molar-refractivity contribution in [2.24, 2.45) is 0 Å². The SMILES string of the molecule is CC(C)(C)c1n[nH]c(CCC(=O)O)c1Br. The number of carboxylic acids is 1. The van der Waals surface area contributed by atoms with Crippen LogP contribution in [0, 0.1) is 0 Å². The highest BCUT2D eigenvalue weighted by Gasteiger charge is 2.22. The van der Waals surface area contributed by atoms with E-state index >= 15 is 0 Å². The zero-order chi connectivity index (χ0) is 11.6. The van der Waals surface area contributed by atoms with E-state index in [0.717, 1.165) is 15.9 Å². The number of aryl methyl sites for hydroxylation is 1. The predicted octanol–water partition coefficient (Wildman–Crippen LogP) is 2.49. The second-order valence-electron chi connectivity index (χ2n) is 4.51. The number of H-pyrrole nitrogens is 1. The molecule has 1 rings (SSSR count). The molecular formula is C10H15BrN2O2. The molecule has 0 fully saturated rings. The summed E-state index contributed by atoms with van der Waals surface area (Å²) in [5.74, 6) is -0.797. The van der Waals surface area contributed by atoms with E-state index in [2.05, 4.69) is 46.9 Å². The molecule has 5 heteroatoms. The average molecular weight is 275 g/mol. The van der Waals surface area contributed by atoms with Gasteiger partial charge >= 0.3 is 5.97 Å². The van der Waals surface area contributed by atoms with E-state index in [1.54, 1.807) is 0 Å². The molecule has 1 heterocycles. The van der Waals surface area contributed by atoms with Crippen LogP contribution < -0.4 is 0 Å². The molecule has 0 aliphatic heterocycles. The zero-order valence-electron chi connectivity index (χ0n) is 9.09. The maximum Gasteiger partial charge on any atom is 0.303 e. The van der Waals surface area contributed by atoms with Gasteiger partial charge in [0.1, 0.15) is 0 Å². The number of halogens is 1. The van der Waals surface area contributed by atoms with Crippen LogP contribution in [0.3, 0.4) is 0 Å². The molecule has 0 spiro atoms. The quantitative estimate of drug-likeness (QED) is 0.890. The Labute approximate surface area is 97.2 Å². The third-order valence-electron chi connectivity index (χ3n) is 2.07. The van der Waals surface area contributed by atoms with E-state index in [-0.39, 0.29) is 11.8 Å². The van der Waals surface area contributed by atoms with Crippen LogP contribution >= 0.6 is 15.9 Å². The number of nitrogens with one attached hydrogen (secondary N) is 1. The fourth-order valence-corrected chi connectivity index (χ4v) is 2.23. The molecule has 0 bridgehead atoms. The number of aromatic amines is 1. The molecule has 0 saturated heterocycles. The summed E-state index contributed by atoms with van der Waals surface area (Å²) in [5, 5.41) is 15.7. The van der Waals surface area contributed by atoms with Crippen molar-refractivity contribution in [3.05, 3.63) is 15.9 Å². The van der Waals surface area contributed by atoms with E-state index in [4.69, 9.17) is 5.11 Å². The number of hydrogen-bond acceptors (Lipinski definition) is 2. The first-order chi connectivity index (χ1) is 6.82. The van der Waals surface area contributed by atoms with E-state index < -0.39 is 5.97 Å². The van der Waals surface area contributed by atoms with Crippen molar-refractivity contribution in [3.63, 3.8) is 0 Å². The standard InChI is InChI=1S/C10H15BrN2O2/c1-10(2,3)9-8(11)6(12-13-9)4-5-7(14)15/h4-5H2,1-3H3,(H,12,13)(H,14,15). The fourth-order valence-electron chi connectivity index (χ4n) is 1.26. The molecule has 0 aliphatic carbocycles. The lowest BCUT2D eigenvalue weighted by atomic mass is 9.92. The average Bonchev–Trinajstić information content (AvgIpc) is 2.42. The Morgan fingerprint density at radius 1 is 1.53 bits per heavy atom. The maximum atomic E-state index is 10.4. The molecule has 15 heavy (non-hydrogen) atoms. The van der Waals surface area contributed by atoms with Crippen LogP contribution in [0.1, 0.15) is 38.6 Å². The molecule has 2 N–H and O–H groups in total. The summed E-state index contributed by atoms with van der Waals surface area (Å²) in [6.07, 6.45) is 0.587. The van der Waals surface area contributed by atoms with Gasteiger partial charge in [0.15, 0.2) is 0 Å². The highest BCUT2D eigenvalue weighted by molar-refractivity contribution is 9.10. The van der Waals surface area contributed by atoms with Gasteiger partial charge in [0, 0.05) is 11.8 Å². The largest absolute Gasteiger partial charge is 0.481 e. The first-order valence-electron chi connectivity index (χ1n) is 4.77. The Morgan fingerprint density at radius 3 is 2.53 bits per heavy atom. The number of nitrogens with zero attached hydrogens (tertiary/aromatic N) is 1. The minimum atomic E-state index is -0.797. The van der Waals surface area contributed by atoms with E-state index in [0.29, 0.717) is 6.42 Å².